The second-order valence-corrected chi connectivity index (χ2v) is 2.60. The molecule has 0 aliphatic carbocycles. The van der Waals surface area contributed by atoms with E-state index in [0.717, 1.165) is 0 Å². The Kier molecular flexibility index (Phi) is 0.376. The Morgan fingerprint density at radius 2 is 2.67 bits per heavy atom. The smallest absolute Gasteiger partial charge is 0.129 e. The molecule has 0 radical (unpaired) electrons. The Balaban J connectivity index is 2.17. The first-order valence-corrected chi connectivity index (χ1v) is 2.64. The minimum atomic E-state index is 1.27. The van der Waals surface area contributed by atoms with Gasteiger partial charge in [-0.05, 0) is 0 Å². The van der Waals surface area contributed by atoms with E-state index < -0.39 is 0 Å². The van der Waals surface area contributed by atoms with E-state index in [-0.39, 0.29) is 0 Å². The average Bonchev–Trinajstić information content (AvgIpc) is 2.12. The van der Waals surface area contributed by atoms with E-state index in [9.17, 15) is 0 Å². The van der Waals surface area contributed by atoms with Crippen molar-refractivity contribution in [3.8, 4) is 0 Å². The SMILES string of the molecule is ClN1SC2=CN21. The van der Waals surface area contributed by atoms with E-state index in [1.54, 1.807) is 15.9 Å². The molecule has 2 aliphatic heterocycles. The highest BCUT2D eigenvalue weighted by molar-refractivity contribution is 8.03. The van der Waals surface area contributed by atoms with Gasteiger partial charge in [0.05, 0.1) is 6.20 Å². The van der Waals surface area contributed by atoms with Crippen molar-refractivity contribution >= 4 is 23.7 Å². The number of hydrazine groups is 1. The molecule has 2 rings (SSSR count). The minimum absolute atomic E-state index is 1.27. The maximum atomic E-state index is 5.41. The topological polar surface area (TPSA) is 6.25 Å². The predicted molar refractivity (Wildman–Crippen MR) is 25.2 cm³/mol. The Labute approximate surface area is 44.6 Å². The lowest BCUT2D eigenvalue weighted by molar-refractivity contribution is 0.369. The van der Waals surface area contributed by atoms with Crippen LogP contribution >= 0.6 is 23.7 Å². The molecule has 0 aromatic rings. The highest BCUT2D eigenvalue weighted by atomic mass is 35.5. The molecular weight excluding hydrogens is 120 g/mol. The number of hydrogen-bond donors (Lipinski definition) is 0. The molecule has 1 saturated heterocycles. The van der Waals surface area contributed by atoms with Crippen molar-refractivity contribution in [3.05, 3.63) is 11.2 Å². The molecule has 2 nitrogen and oxygen atoms in total. The second-order valence-electron chi connectivity index (χ2n) is 1.13. The lowest BCUT2D eigenvalue weighted by Gasteiger charge is -2.21. The van der Waals surface area contributed by atoms with Crippen molar-refractivity contribution in [2.45, 2.75) is 0 Å². The zero-order chi connectivity index (χ0) is 4.15. The molecular formula is C2HClN2S. The monoisotopic (exact) mass is 120 g/mol. The van der Waals surface area contributed by atoms with Crippen LogP contribution < -0.4 is 0 Å². The summed E-state index contributed by atoms with van der Waals surface area (Å²) in [5.74, 6) is 0. The fourth-order valence-corrected chi connectivity index (χ4v) is 1.31. The number of halogens is 1. The molecule has 0 unspecified atom stereocenters. The molecule has 0 atom stereocenters. The van der Waals surface area contributed by atoms with Crippen LogP contribution in [0.5, 0.6) is 0 Å². The third kappa shape index (κ3) is 0.204. The Hall–Kier alpha value is 0.140. The van der Waals surface area contributed by atoms with Gasteiger partial charge >= 0.3 is 0 Å². The molecule has 0 spiro atoms. The fraction of sp³-hybridized carbons (Fsp3) is 0. The van der Waals surface area contributed by atoms with E-state index in [2.05, 4.69) is 0 Å². The van der Waals surface area contributed by atoms with Gasteiger partial charge in [-0.15, -0.1) is 0 Å². The van der Waals surface area contributed by atoms with Gasteiger partial charge in [-0.25, -0.2) is 5.01 Å². The van der Waals surface area contributed by atoms with Crippen molar-refractivity contribution in [1.82, 2.24) is 8.94 Å². The number of rotatable bonds is 0. The van der Waals surface area contributed by atoms with Crippen LogP contribution in [-0.2, 0) is 0 Å². The molecule has 1 fully saturated rings. The summed E-state index contributed by atoms with van der Waals surface area (Å²) in [7, 11) is 0. The summed E-state index contributed by atoms with van der Waals surface area (Å²) < 4.78 is 1.55. The van der Waals surface area contributed by atoms with Gasteiger partial charge in [0.2, 0.25) is 0 Å². The third-order valence-electron chi connectivity index (χ3n) is 0.729. The fourth-order valence-electron chi connectivity index (χ4n) is 0.352. The zero-order valence-electron chi connectivity index (χ0n) is 2.76. The van der Waals surface area contributed by atoms with Gasteiger partial charge in [-0.2, -0.15) is 0 Å². The first kappa shape index (κ1) is 3.18. The average molecular weight is 121 g/mol. The van der Waals surface area contributed by atoms with E-state index in [4.69, 9.17) is 11.8 Å². The molecule has 4 heteroatoms. The second kappa shape index (κ2) is 0.710. The lowest BCUT2D eigenvalue weighted by Crippen LogP contribution is -2.19. The molecule has 0 aromatic heterocycles. The van der Waals surface area contributed by atoms with Crippen LogP contribution in [0.3, 0.4) is 0 Å². The number of nitrogens with zero attached hydrogens (tertiary/aromatic N) is 2. The van der Waals surface area contributed by atoms with Crippen molar-refractivity contribution in [2.24, 2.45) is 0 Å². The summed E-state index contributed by atoms with van der Waals surface area (Å²) in [6.45, 7) is 0. The summed E-state index contributed by atoms with van der Waals surface area (Å²) in [5.41, 5.74) is 0. The maximum Gasteiger partial charge on any atom is 0.129 e. The van der Waals surface area contributed by atoms with Gasteiger partial charge in [-0.3, -0.25) is 0 Å². The van der Waals surface area contributed by atoms with Crippen molar-refractivity contribution < 1.29 is 0 Å². The molecule has 0 saturated carbocycles. The van der Waals surface area contributed by atoms with E-state index in [1.807, 2.05) is 11.2 Å². The number of fused-ring (bicyclic) bond motifs is 1. The molecule has 6 heavy (non-hydrogen) atoms. The van der Waals surface area contributed by atoms with Crippen LogP contribution in [0.4, 0.5) is 0 Å². The van der Waals surface area contributed by atoms with Gasteiger partial charge in [0.15, 0.2) is 0 Å². The predicted octanol–water partition coefficient (Wildman–Crippen LogP) is 1.13. The first-order valence-electron chi connectivity index (χ1n) is 1.53. The van der Waals surface area contributed by atoms with E-state index in [0.29, 0.717) is 0 Å². The van der Waals surface area contributed by atoms with Crippen LogP contribution in [0.1, 0.15) is 0 Å². The Morgan fingerprint density at radius 1 is 1.83 bits per heavy atom. The highest BCUT2D eigenvalue weighted by Gasteiger charge is 2.40. The van der Waals surface area contributed by atoms with Gasteiger partial charge in [0.1, 0.15) is 5.03 Å². The third-order valence-corrected chi connectivity index (χ3v) is 1.91. The normalized spacial score (nSPS) is 28.2. The molecule has 0 N–H and O–H groups in total. The summed E-state index contributed by atoms with van der Waals surface area (Å²) in [6.07, 6.45) is 1.97. The van der Waals surface area contributed by atoms with Crippen LogP contribution in [0.25, 0.3) is 0 Å². The van der Waals surface area contributed by atoms with Crippen molar-refractivity contribution in [2.75, 3.05) is 0 Å². The molecule has 32 valence electrons. The van der Waals surface area contributed by atoms with Crippen molar-refractivity contribution in [3.63, 3.8) is 0 Å². The summed E-state index contributed by atoms with van der Waals surface area (Å²) in [5, 5.41) is 3.14. The van der Waals surface area contributed by atoms with Gasteiger partial charge < -0.3 is 0 Å². The molecule has 0 bridgehead atoms. The largest absolute Gasteiger partial charge is 0.245 e. The van der Waals surface area contributed by atoms with Gasteiger partial charge in [-0.1, -0.05) is 3.93 Å². The van der Waals surface area contributed by atoms with Gasteiger partial charge in [0.25, 0.3) is 0 Å². The van der Waals surface area contributed by atoms with E-state index >= 15 is 0 Å². The van der Waals surface area contributed by atoms with Crippen LogP contribution in [0, 0.1) is 0 Å². The van der Waals surface area contributed by atoms with Crippen LogP contribution in [-0.4, -0.2) is 8.94 Å². The summed E-state index contributed by atoms with van der Waals surface area (Å²) in [4.78, 5) is 0. The van der Waals surface area contributed by atoms with E-state index in [1.165, 1.54) is 5.03 Å². The highest BCUT2D eigenvalue weighted by Crippen LogP contribution is 2.51. The summed E-state index contributed by atoms with van der Waals surface area (Å²) >= 11 is 6.95. The molecule has 2 aliphatic rings. The minimum Gasteiger partial charge on any atom is -0.245 e. The van der Waals surface area contributed by atoms with Crippen LogP contribution in [0.2, 0.25) is 0 Å². The first-order chi connectivity index (χ1) is 2.88. The maximum absolute atomic E-state index is 5.41. The molecule has 2 heterocycles. The zero-order valence-corrected chi connectivity index (χ0v) is 4.33. The number of hydrogen-bond acceptors (Lipinski definition) is 3. The lowest BCUT2D eigenvalue weighted by atomic mass is 11.3. The van der Waals surface area contributed by atoms with Crippen molar-refractivity contribution in [1.29, 1.82) is 0 Å². The Bertz CT molecular complexity index is 123. The van der Waals surface area contributed by atoms with Gasteiger partial charge in [0, 0.05) is 23.7 Å². The summed E-state index contributed by atoms with van der Waals surface area (Å²) in [6, 6.07) is 0. The Morgan fingerprint density at radius 3 is 2.67 bits per heavy atom. The molecule has 0 aromatic carbocycles. The van der Waals surface area contributed by atoms with Crippen LogP contribution in [0.15, 0.2) is 11.2 Å². The quantitative estimate of drug-likeness (QED) is 0.350. The molecule has 0 amide bonds. The standard InChI is InChI=1S/C2HClN2S/c3-5-4-1-2(4)6-5/h1H.